The van der Waals surface area contributed by atoms with E-state index in [0.29, 0.717) is 10.6 Å². The highest BCUT2D eigenvalue weighted by atomic mass is 79.9. The van der Waals surface area contributed by atoms with E-state index >= 15 is 0 Å². The van der Waals surface area contributed by atoms with Crippen molar-refractivity contribution in [1.82, 2.24) is 14.9 Å². The minimum Gasteiger partial charge on any atom is -0.335 e. The van der Waals surface area contributed by atoms with Gasteiger partial charge in [0.25, 0.3) is 0 Å². The van der Waals surface area contributed by atoms with Gasteiger partial charge >= 0.3 is 0 Å². The number of rotatable bonds is 1. The average molecular weight is 321 g/mol. The summed E-state index contributed by atoms with van der Waals surface area (Å²) in [6.45, 7) is 0. The van der Waals surface area contributed by atoms with Crippen molar-refractivity contribution in [3.63, 3.8) is 0 Å². The molecule has 3 aromatic rings. The molecule has 90 valence electrons. The van der Waals surface area contributed by atoms with Crippen LogP contribution < -0.4 is 5.84 Å². The van der Waals surface area contributed by atoms with E-state index in [1.165, 1.54) is 4.68 Å². The first-order chi connectivity index (χ1) is 8.65. The van der Waals surface area contributed by atoms with Gasteiger partial charge in [0.05, 0.1) is 0 Å². The number of fused-ring (bicyclic) bond motifs is 1. The largest absolute Gasteiger partial charge is 0.335 e. The van der Waals surface area contributed by atoms with Gasteiger partial charge in [0, 0.05) is 10.0 Å². The summed E-state index contributed by atoms with van der Waals surface area (Å²) in [7, 11) is 0. The maximum Gasteiger partial charge on any atom is 0.214 e. The van der Waals surface area contributed by atoms with Crippen molar-refractivity contribution in [1.29, 1.82) is 0 Å². The highest BCUT2D eigenvalue weighted by molar-refractivity contribution is 9.10. The second kappa shape index (κ2) is 4.22. The summed E-state index contributed by atoms with van der Waals surface area (Å²) in [6, 6.07) is 12.2. The van der Waals surface area contributed by atoms with Crippen LogP contribution in [-0.4, -0.2) is 14.9 Å². The van der Waals surface area contributed by atoms with Gasteiger partial charge in [-0.05, 0) is 41.2 Å². The Morgan fingerprint density at radius 1 is 1.17 bits per heavy atom. The van der Waals surface area contributed by atoms with E-state index in [4.69, 9.17) is 18.1 Å². The van der Waals surface area contributed by atoms with Gasteiger partial charge in [0.15, 0.2) is 5.82 Å². The predicted octanol–water partition coefficient (Wildman–Crippen LogP) is 3.24. The molecule has 3 N–H and O–H groups in total. The number of nitrogens with one attached hydrogen (secondary N) is 1. The molecule has 2 aromatic carbocycles. The lowest BCUT2D eigenvalue weighted by molar-refractivity contribution is 0.984. The van der Waals surface area contributed by atoms with E-state index in [-0.39, 0.29) is 0 Å². The van der Waals surface area contributed by atoms with Crippen LogP contribution in [0, 0.1) is 4.77 Å². The van der Waals surface area contributed by atoms with Gasteiger partial charge in [0.1, 0.15) is 0 Å². The smallest absolute Gasteiger partial charge is 0.214 e. The molecule has 0 bridgehead atoms. The maximum atomic E-state index is 5.81. The van der Waals surface area contributed by atoms with Gasteiger partial charge in [-0.3, -0.25) is 0 Å². The number of benzene rings is 2. The zero-order valence-electron chi connectivity index (χ0n) is 9.22. The molecular formula is C12H9BrN4S. The van der Waals surface area contributed by atoms with Crippen molar-refractivity contribution in [2.24, 2.45) is 0 Å². The molecule has 0 aliphatic heterocycles. The van der Waals surface area contributed by atoms with Gasteiger partial charge in [0.2, 0.25) is 4.77 Å². The minimum atomic E-state index is 0.404. The Balaban J connectivity index is 2.22. The number of aromatic nitrogens is 3. The Kier molecular flexibility index (Phi) is 2.68. The fourth-order valence-electron chi connectivity index (χ4n) is 1.86. The molecule has 0 fully saturated rings. The highest BCUT2D eigenvalue weighted by Gasteiger charge is 2.07. The fraction of sp³-hybridized carbons (Fsp3) is 0. The number of halogens is 1. The van der Waals surface area contributed by atoms with Gasteiger partial charge in [-0.2, -0.15) is 5.10 Å². The molecule has 1 aromatic heterocycles. The zero-order valence-corrected chi connectivity index (χ0v) is 11.6. The third kappa shape index (κ3) is 1.83. The maximum absolute atomic E-state index is 5.81. The van der Waals surface area contributed by atoms with Crippen molar-refractivity contribution in [3.8, 4) is 11.4 Å². The molecule has 0 aliphatic carbocycles. The van der Waals surface area contributed by atoms with Crippen LogP contribution in [0.25, 0.3) is 22.2 Å². The molecule has 0 saturated heterocycles. The third-order valence-electron chi connectivity index (χ3n) is 2.76. The predicted molar refractivity (Wildman–Crippen MR) is 78.2 cm³/mol. The molecule has 0 amide bonds. The van der Waals surface area contributed by atoms with Crippen LogP contribution in [-0.2, 0) is 0 Å². The van der Waals surface area contributed by atoms with Gasteiger partial charge in [-0.15, -0.1) is 0 Å². The van der Waals surface area contributed by atoms with Crippen molar-refractivity contribution >= 4 is 38.9 Å². The normalized spacial score (nSPS) is 10.9. The lowest BCUT2D eigenvalue weighted by Gasteiger charge is -2.03. The minimum absolute atomic E-state index is 0.404. The van der Waals surface area contributed by atoms with Crippen molar-refractivity contribution in [3.05, 3.63) is 45.6 Å². The van der Waals surface area contributed by atoms with Crippen LogP contribution in [0.4, 0.5) is 0 Å². The van der Waals surface area contributed by atoms with Crippen LogP contribution >= 0.6 is 28.1 Å². The van der Waals surface area contributed by atoms with E-state index in [0.717, 1.165) is 20.8 Å². The number of hydrogen-bond acceptors (Lipinski definition) is 3. The van der Waals surface area contributed by atoms with E-state index < -0.39 is 0 Å². The average Bonchev–Trinajstić information content (AvgIpc) is 2.69. The first-order valence-corrected chi connectivity index (χ1v) is 6.47. The molecular weight excluding hydrogens is 312 g/mol. The highest BCUT2D eigenvalue weighted by Crippen LogP contribution is 2.24. The molecule has 0 saturated carbocycles. The zero-order chi connectivity index (χ0) is 12.7. The molecule has 0 spiro atoms. The topological polar surface area (TPSA) is 59.6 Å². The second-order valence-electron chi connectivity index (χ2n) is 3.93. The number of hydrogen-bond donors (Lipinski definition) is 2. The van der Waals surface area contributed by atoms with E-state index in [2.05, 4.69) is 32.2 Å². The fourth-order valence-corrected chi connectivity index (χ4v) is 2.37. The third-order valence-corrected chi connectivity index (χ3v) is 3.55. The molecule has 6 heteroatoms. The van der Waals surface area contributed by atoms with Gasteiger partial charge in [-0.1, -0.05) is 34.1 Å². The molecule has 1 heterocycles. The summed E-state index contributed by atoms with van der Waals surface area (Å²) in [6.07, 6.45) is 0. The first kappa shape index (κ1) is 11.4. The van der Waals surface area contributed by atoms with Gasteiger partial charge < -0.3 is 5.84 Å². The van der Waals surface area contributed by atoms with Crippen LogP contribution in [0.5, 0.6) is 0 Å². The summed E-state index contributed by atoms with van der Waals surface area (Å²) in [5.74, 6) is 6.44. The van der Waals surface area contributed by atoms with E-state index in [1.54, 1.807) is 0 Å². The quantitative estimate of drug-likeness (QED) is 0.534. The SMILES string of the molecule is Nn1c(-c2ccc3cc(Br)ccc3c2)n[nH]c1=S. The second-order valence-corrected chi connectivity index (χ2v) is 5.23. The van der Waals surface area contributed by atoms with Crippen molar-refractivity contribution in [2.75, 3.05) is 5.84 Å². The van der Waals surface area contributed by atoms with Crippen molar-refractivity contribution < 1.29 is 0 Å². The summed E-state index contributed by atoms with van der Waals surface area (Å²) in [5, 5.41) is 9.08. The molecule has 0 atom stereocenters. The van der Waals surface area contributed by atoms with Crippen LogP contribution in [0.1, 0.15) is 0 Å². The molecule has 3 rings (SSSR count). The Labute approximate surface area is 117 Å². The summed E-state index contributed by atoms with van der Waals surface area (Å²) in [5.41, 5.74) is 0.930. The van der Waals surface area contributed by atoms with Crippen LogP contribution in [0.3, 0.4) is 0 Å². The number of nitrogens with zero attached hydrogens (tertiary/aromatic N) is 2. The summed E-state index contributed by atoms with van der Waals surface area (Å²) < 4.78 is 2.83. The van der Waals surface area contributed by atoms with E-state index in [9.17, 15) is 0 Å². The molecule has 18 heavy (non-hydrogen) atoms. The number of H-pyrrole nitrogens is 1. The number of nitrogens with two attached hydrogens (primary N) is 1. The van der Waals surface area contributed by atoms with Crippen LogP contribution in [0.15, 0.2) is 40.9 Å². The number of nitrogen functional groups attached to an aromatic ring is 1. The van der Waals surface area contributed by atoms with Crippen molar-refractivity contribution in [2.45, 2.75) is 0 Å². The Morgan fingerprint density at radius 2 is 1.89 bits per heavy atom. The number of aromatic amines is 1. The lowest BCUT2D eigenvalue weighted by Crippen LogP contribution is -2.09. The Morgan fingerprint density at radius 3 is 2.61 bits per heavy atom. The summed E-state index contributed by atoms with van der Waals surface area (Å²) in [4.78, 5) is 0. The Hall–Kier alpha value is -1.66. The molecule has 0 aliphatic rings. The molecule has 0 unspecified atom stereocenters. The molecule has 0 radical (unpaired) electrons. The van der Waals surface area contributed by atoms with Gasteiger partial charge in [-0.25, -0.2) is 9.77 Å². The summed E-state index contributed by atoms with van der Waals surface area (Å²) >= 11 is 8.46. The Bertz CT molecular complexity index is 790. The van der Waals surface area contributed by atoms with E-state index in [1.807, 2.05) is 30.3 Å². The standard InChI is InChI=1S/C12H9BrN4S/c13-10-4-3-7-5-9(2-1-8(7)6-10)11-15-16-12(18)17(11)14/h1-6H,14H2,(H,16,18). The molecule has 4 nitrogen and oxygen atoms in total. The first-order valence-electron chi connectivity index (χ1n) is 5.27. The lowest BCUT2D eigenvalue weighted by atomic mass is 10.1. The monoisotopic (exact) mass is 320 g/mol. The van der Waals surface area contributed by atoms with Crippen LogP contribution in [0.2, 0.25) is 0 Å².